The highest BCUT2D eigenvalue weighted by atomic mass is 15.3. The van der Waals surface area contributed by atoms with Crippen LogP contribution < -0.4 is 10.6 Å². The van der Waals surface area contributed by atoms with Crippen molar-refractivity contribution < 1.29 is 0 Å². The van der Waals surface area contributed by atoms with E-state index in [1.807, 2.05) is 48.5 Å². The molecule has 1 aliphatic heterocycles. The van der Waals surface area contributed by atoms with Gasteiger partial charge in [0.05, 0.1) is 11.3 Å². The molecule has 0 radical (unpaired) electrons. The summed E-state index contributed by atoms with van der Waals surface area (Å²) in [5.41, 5.74) is 12.7. The fourth-order valence-electron chi connectivity index (χ4n) is 5.72. The van der Waals surface area contributed by atoms with Gasteiger partial charge in [0.25, 0.3) is 0 Å². The number of hydrogen-bond acceptors (Lipinski definition) is 10. The number of aromatic nitrogens is 7. The number of piperazine rings is 1. The zero-order valence-electron chi connectivity index (χ0n) is 24.1. The van der Waals surface area contributed by atoms with E-state index in [2.05, 4.69) is 77.6 Å². The molecule has 2 aromatic carbocycles. The van der Waals surface area contributed by atoms with E-state index in [-0.39, 0.29) is 11.9 Å². The van der Waals surface area contributed by atoms with E-state index >= 15 is 0 Å². The maximum absolute atomic E-state index is 9.16. The van der Waals surface area contributed by atoms with Crippen molar-refractivity contribution in [3.8, 4) is 34.4 Å². The Morgan fingerprint density at radius 2 is 1.73 bits per heavy atom. The van der Waals surface area contributed by atoms with Crippen LogP contribution in [0, 0.1) is 11.3 Å². The molecule has 0 bridgehead atoms. The molecule has 0 spiro atoms. The molecule has 1 atom stereocenters. The van der Waals surface area contributed by atoms with E-state index in [0.717, 1.165) is 59.9 Å². The molecule has 0 aliphatic carbocycles. The number of nitrogens with zero attached hydrogens (tertiary/aromatic N) is 10. The molecule has 1 aliphatic rings. The van der Waals surface area contributed by atoms with Crippen LogP contribution in [0.4, 0.5) is 11.8 Å². The highest BCUT2D eigenvalue weighted by Gasteiger charge is 2.26. The van der Waals surface area contributed by atoms with Gasteiger partial charge in [-0.1, -0.05) is 42.5 Å². The smallest absolute Gasteiger partial charge is 0.236 e. The number of nitrogen functional groups attached to an aromatic ring is 1. The van der Waals surface area contributed by atoms with Gasteiger partial charge >= 0.3 is 0 Å². The summed E-state index contributed by atoms with van der Waals surface area (Å²) in [6.07, 6.45) is 3.08. The Kier molecular flexibility index (Phi) is 7.09. The molecule has 0 saturated carbocycles. The van der Waals surface area contributed by atoms with Gasteiger partial charge in [-0.15, -0.1) is 0 Å². The number of benzene rings is 2. The van der Waals surface area contributed by atoms with E-state index in [4.69, 9.17) is 21.0 Å². The lowest BCUT2D eigenvalue weighted by Gasteiger charge is -2.39. The highest BCUT2D eigenvalue weighted by Crippen LogP contribution is 2.32. The van der Waals surface area contributed by atoms with Gasteiger partial charge in [0.15, 0.2) is 11.5 Å². The molecular formula is C33H29N11. The molecule has 216 valence electrons. The van der Waals surface area contributed by atoms with E-state index in [1.54, 1.807) is 6.20 Å². The minimum Gasteiger partial charge on any atom is -0.383 e. The second-order valence-electron chi connectivity index (χ2n) is 10.8. The molecule has 1 fully saturated rings. The monoisotopic (exact) mass is 579 g/mol. The summed E-state index contributed by atoms with van der Waals surface area (Å²) in [5.74, 6) is 1.79. The first kappa shape index (κ1) is 27.1. The van der Waals surface area contributed by atoms with Gasteiger partial charge in [-0.2, -0.15) is 10.2 Å². The summed E-state index contributed by atoms with van der Waals surface area (Å²) in [7, 11) is 0. The lowest BCUT2D eigenvalue weighted by Crippen LogP contribution is -2.52. The molecular weight excluding hydrogens is 550 g/mol. The molecule has 7 rings (SSSR count). The predicted octanol–water partition coefficient (Wildman–Crippen LogP) is 4.50. The van der Waals surface area contributed by atoms with Crippen LogP contribution in [-0.4, -0.2) is 65.0 Å². The number of rotatable bonds is 6. The zero-order valence-corrected chi connectivity index (χ0v) is 24.1. The Hall–Kier alpha value is -5.73. The average molecular weight is 580 g/mol. The molecule has 0 unspecified atom stereocenters. The number of imidazole rings is 1. The minimum absolute atomic E-state index is 0.135. The third-order valence-corrected chi connectivity index (χ3v) is 7.88. The fourth-order valence-corrected chi connectivity index (χ4v) is 5.72. The molecule has 11 heteroatoms. The molecule has 5 heterocycles. The van der Waals surface area contributed by atoms with Crippen molar-refractivity contribution in [2.24, 2.45) is 0 Å². The minimum atomic E-state index is 0.135. The van der Waals surface area contributed by atoms with Gasteiger partial charge in [-0.05, 0) is 48.9 Å². The van der Waals surface area contributed by atoms with Crippen molar-refractivity contribution in [2.75, 3.05) is 30.3 Å². The normalized spacial score (nSPS) is 15.4. The Bertz CT molecular complexity index is 1980. The second-order valence-corrected chi connectivity index (χ2v) is 10.8. The summed E-state index contributed by atoms with van der Waals surface area (Å²) in [6.45, 7) is 5.42. The lowest BCUT2D eigenvalue weighted by atomic mass is 10.1. The number of nitrogens with two attached hydrogens (primary N) is 1. The molecule has 6 aromatic rings. The number of anilines is 2. The second kappa shape index (κ2) is 11.5. The number of hydrogen-bond donors (Lipinski definition) is 1. The molecule has 2 N–H and O–H groups in total. The van der Waals surface area contributed by atoms with Gasteiger partial charge in [0, 0.05) is 49.7 Å². The Morgan fingerprint density at radius 1 is 0.886 bits per heavy atom. The number of nitriles is 1. The van der Waals surface area contributed by atoms with Crippen LogP contribution in [0.1, 0.15) is 18.3 Å². The maximum atomic E-state index is 9.16. The topological polar surface area (TPSA) is 139 Å². The highest BCUT2D eigenvalue weighted by molar-refractivity contribution is 5.84. The van der Waals surface area contributed by atoms with Gasteiger partial charge < -0.3 is 10.6 Å². The van der Waals surface area contributed by atoms with Crippen molar-refractivity contribution in [1.82, 2.24) is 39.4 Å². The number of fused-ring (bicyclic) bond motifs is 1. The van der Waals surface area contributed by atoms with Gasteiger partial charge in [-0.25, -0.2) is 24.9 Å². The molecule has 1 saturated heterocycles. The van der Waals surface area contributed by atoms with Crippen molar-refractivity contribution in [2.45, 2.75) is 19.5 Å². The average Bonchev–Trinajstić information content (AvgIpc) is 3.44. The fraction of sp³-hybridized carbons (Fsp3) is 0.182. The molecule has 4 aromatic heterocycles. The van der Waals surface area contributed by atoms with Crippen LogP contribution in [0.25, 0.3) is 39.5 Å². The standard InChI is InChI=1S/C33H29N11/c1-22-19-42(16-17-43(22)33-38-21-37-29(18-34)41-33)20-23-9-11-25(12-10-23)44-31(26-8-5-15-36-30(26)35)40-28-14-13-27(39-32(28)44)24-6-3-2-4-7-24/h2-15,21-22H,16-17,19-20H2,1H3,(H2,35,36)/t22-/m1/s1. The Morgan fingerprint density at radius 3 is 2.50 bits per heavy atom. The van der Waals surface area contributed by atoms with Gasteiger partial charge in [0.1, 0.15) is 23.7 Å². The number of pyridine rings is 2. The molecule has 11 nitrogen and oxygen atoms in total. The third kappa shape index (κ3) is 5.19. The van der Waals surface area contributed by atoms with Crippen LogP contribution in [0.3, 0.4) is 0 Å². The largest absolute Gasteiger partial charge is 0.383 e. The van der Waals surface area contributed by atoms with Crippen molar-refractivity contribution in [1.29, 1.82) is 5.26 Å². The lowest BCUT2D eigenvalue weighted by molar-refractivity contribution is 0.219. The van der Waals surface area contributed by atoms with Gasteiger partial charge in [0.2, 0.25) is 11.8 Å². The summed E-state index contributed by atoms with van der Waals surface area (Å²) < 4.78 is 2.06. The SMILES string of the molecule is C[C@@H]1CN(Cc2ccc(-n3c(-c4cccnc4N)nc4ccc(-c5ccccc5)nc43)cc2)CCN1c1ncnc(C#N)n1. The summed E-state index contributed by atoms with van der Waals surface area (Å²) in [5, 5.41) is 9.16. The third-order valence-electron chi connectivity index (χ3n) is 7.88. The van der Waals surface area contributed by atoms with Crippen LogP contribution in [0.15, 0.2) is 91.4 Å². The molecule has 0 amide bonds. The van der Waals surface area contributed by atoms with Crippen molar-refractivity contribution in [3.05, 3.63) is 103 Å². The quantitative estimate of drug-likeness (QED) is 0.300. The van der Waals surface area contributed by atoms with Crippen molar-refractivity contribution in [3.63, 3.8) is 0 Å². The van der Waals surface area contributed by atoms with Crippen LogP contribution in [0.5, 0.6) is 0 Å². The van der Waals surface area contributed by atoms with E-state index in [1.165, 1.54) is 11.9 Å². The van der Waals surface area contributed by atoms with E-state index in [0.29, 0.717) is 17.6 Å². The maximum Gasteiger partial charge on any atom is 0.236 e. The van der Waals surface area contributed by atoms with Crippen LogP contribution in [-0.2, 0) is 6.54 Å². The zero-order chi connectivity index (χ0) is 30.0. The first-order valence-electron chi connectivity index (χ1n) is 14.4. The first-order chi connectivity index (χ1) is 21.6. The van der Waals surface area contributed by atoms with Crippen LogP contribution in [0.2, 0.25) is 0 Å². The Balaban J connectivity index is 1.18. The summed E-state index contributed by atoms with van der Waals surface area (Å²) >= 11 is 0. The summed E-state index contributed by atoms with van der Waals surface area (Å²) in [4.78, 5) is 31.4. The predicted molar refractivity (Wildman–Crippen MR) is 169 cm³/mol. The van der Waals surface area contributed by atoms with Crippen LogP contribution >= 0.6 is 0 Å². The van der Waals surface area contributed by atoms with E-state index < -0.39 is 0 Å². The van der Waals surface area contributed by atoms with Crippen molar-refractivity contribution >= 4 is 22.9 Å². The van der Waals surface area contributed by atoms with E-state index in [9.17, 15) is 0 Å². The summed E-state index contributed by atoms with van der Waals surface area (Å²) in [6, 6.07) is 28.6. The Labute approximate surface area is 254 Å². The van der Waals surface area contributed by atoms with Gasteiger partial charge in [-0.3, -0.25) is 9.47 Å². The molecule has 44 heavy (non-hydrogen) atoms. The first-order valence-corrected chi connectivity index (χ1v) is 14.4.